The van der Waals surface area contributed by atoms with E-state index in [-0.39, 0.29) is 23.8 Å². The van der Waals surface area contributed by atoms with Gasteiger partial charge >= 0.3 is 0 Å². The lowest BCUT2D eigenvalue weighted by Gasteiger charge is -2.10. The fraction of sp³-hybridized carbons (Fsp3) is 0.0500. The molecule has 0 aliphatic heterocycles. The summed E-state index contributed by atoms with van der Waals surface area (Å²) in [7, 11) is 0. The highest BCUT2D eigenvalue weighted by Crippen LogP contribution is 2.22. The van der Waals surface area contributed by atoms with Crippen molar-refractivity contribution in [2.75, 3.05) is 10.6 Å². The van der Waals surface area contributed by atoms with Crippen LogP contribution >= 0.6 is 23.2 Å². The molecule has 0 unspecified atom stereocenters. The predicted molar refractivity (Wildman–Crippen MR) is 107 cm³/mol. The number of pyridine rings is 1. The van der Waals surface area contributed by atoms with Crippen LogP contribution in [0.15, 0.2) is 66.9 Å². The number of aromatic nitrogens is 1. The molecule has 0 bridgehead atoms. The summed E-state index contributed by atoms with van der Waals surface area (Å²) < 4.78 is 0. The molecule has 0 radical (unpaired) electrons. The van der Waals surface area contributed by atoms with Gasteiger partial charge in [-0.15, -0.1) is 0 Å². The zero-order valence-electron chi connectivity index (χ0n) is 14.1. The highest BCUT2D eigenvalue weighted by Gasteiger charge is 2.13. The molecule has 0 spiro atoms. The second kappa shape index (κ2) is 8.66. The minimum Gasteiger partial charge on any atom is -0.326 e. The molecule has 2 amide bonds. The molecule has 0 saturated heterocycles. The van der Waals surface area contributed by atoms with Crippen molar-refractivity contribution in [3.63, 3.8) is 0 Å². The maximum absolute atomic E-state index is 12.5. The number of para-hydroxylation sites is 1. The molecule has 1 heterocycles. The molecule has 2 N–H and O–H groups in total. The van der Waals surface area contributed by atoms with E-state index >= 15 is 0 Å². The normalized spacial score (nSPS) is 10.3. The predicted octanol–water partition coefficient (Wildman–Crippen LogP) is 4.82. The van der Waals surface area contributed by atoms with Gasteiger partial charge in [0.15, 0.2) is 0 Å². The Hall–Kier alpha value is -2.89. The molecule has 0 saturated carbocycles. The minimum atomic E-state index is -0.357. The highest BCUT2D eigenvalue weighted by atomic mass is 35.5. The molecule has 7 heteroatoms. The average molecular weight is 400 g/mol. The lowest BCUT2D eigenvalue weighted by Crippen LogP contribution is -2.16. The van der Waals surface area contributed by atoms with Crippen molar-refractivity contribution in [1.29, 1.82) is 0 Å². The smallest absolute Gasteiger partial charge is 0.257 e. The Labute approximate surface area is 166 Å². The zero-order chi connectivity index (χ0) is 19.2. The van der Waals surface area contributed by atoms with E-state index in [1.165, 1.54) is 0 Å². The summed E-state index contributed by atoms with van der Waals surface area (Å²) in [6, 6.07) is 17.1. The third-order valence-corrected chi connectivity index (χ3v) is 4.23. The van der Waals surface area contributed by atoms with E-state index in [1.54, 1.807) is 48.7 Å². The first-order valence-electron chi connectivity index (χ1n) is 8.07. The topological polar surface area (TPSA) is 71.1 Å². The molecule has 3 rings (SSSR count). The van der Waals surface area contributed by atoms with Crippen LogP contribution < -0.4 is 10.6 Å². The van der Waals surface area contributed by atoms with Gasteiger partial charge in [-0.05, 0) is 42.0 Å². The summed E-state index contributed by atoms with van der Waals surface area (Å²) in [5.41, 5.74) is 2.13. The molecule has 0 aliphatic carbocycles. The number of benzene rings is 2. The van der Waals surface area contributed by atoms with Gasteiger partial charge in [-0.1, -0.05) is 47.5 Å². The van der Waals surface area contributed by atoms with Crippen LogP contribution in [0.5, 0.6) is 0 Å². The summed E-state index contributed by atoms with van der Waals surface area (Å²) in [6.07, 6.45) is 1.68. The van der Waals surface area contributed by atoms with E-state index in [1.807, 2.05) is 18.2 Å². The van der Waals surface area contributed by atoms with E-state index in [4.69, 9.17) is 23.2 Å². The van der Waals surface area contributed by atoms with Crippen molar-refractivity contribution in [2.24, 2.45) is 0 Å². The van der Waals surface area contributed by atoms with Crippen molar-refractivity contribution in [2.45, 2.75) is 6.42 Å². The molecule has 136 valence electrons. The second-order valence-electron chi connectivity index (χ2n) is 5.73. The number of carbonyl (C=O) groups is 2. The maximum atomic E-state index is 12.5. The summed E-state index contributed by atoms with van der Waals surface area (Å²) >= 11 is 11.9. The Morgan fingerprint density at radius 2 is 1.67 bits per heavy atom. The van der Waals surface area contributed by atoms with E-state index in [0.717, 1.165) is 5.56 Å². The number of anilines is 2. The first-order chi connectivity index (χ1) is 13.0. The van der Waals surface area contributed by atoms with Gasteiger partial charge in [0, 0.05) is 17.6 Å². The van der Waals surface area contributed by atoms with E-state index < -0.39 is 0 Å². The number of hydrogen-bond acceptors (Lipinski definition) is 3. The van der Waals surface area contributed by atoms with Crippen LogP contribution in [0.2, 0.25) is 10.2 Å². The van der Waals surface area contributed by atoms with E-state index in [9.17, 15) is 9.59 Å². The number of nitrogens with zero attached hydrogens (tertiary/aromatic N) is 1. The monoisotopic (exact) mass is 399 g/mol. The first kappa shape index (κ1) is 18.9. The fourth-order valence-corrected chi connectivity index (χ4v) is 2.71. The van der Waals surface area contributed by atoms with Crippen molar-refractivity contribution < 1.29 is 9.59 Å². The Kier molecular flexibility index (Phi) is 6.06. The maximum Gasteiger partial charge on any atom is 0.257 e. The summed E-state index contributed by atoms with van der Waals surface area (Å²) in [6.45, 7) is 0. The number of halogens is 2. The highest BCUT2D eigenvalue weighted by molar-refractivity contribution is 6.34. The number of nitrogens with one attached hydrogen (secondary N) is 2. The van der Waals surface area contributed by atoms with Gasteiger partial charge in [0.1, 0.15) is 5.15 Å². The van der Waals surface area contributed by atoms with Gasteiger partial charge in [-0.3, -0.25) is 9.59 Å². The molecular weight excluding hydrogens is 385 g/mol. The molecular formula is C20H15Cl2N3O2. The summed E-state index contributed by atoms with van der Waals surface area (Å²) in [4.78, 5) is 28.6. The molecule has 0 atom stereocenters. The van der Waals surface area contributed by atoms with Crippen LogP contribution in [-0.4, -0.2) is 16.8 Å². The molecule has 27 heavy (non-hydrogen) atoms. The Morgan fingerprint density at radius 3 is 2.37 bits per heavy atom. The molecule has 3 aromatic rings. The van der Waals surface area contributed by atoms with Gasteiger partial charge in [-0.25, -0.2) is 4.98 Å². The standard InChI is InChI=1S/C20H15Cl2N3O2/c21-17-8-7-15(24-19(26)10-13-6-9-18(22)23-12-13)11-16(17)20(27)25-14-4-2-1-3-5-14/h1-9,11-12H,10H2,(H,24,26)(H,25,27). The fourth-order valence-electron chi connectivity index (χ4n) is 2.40. The molecule has 2 aromatic carbocycles. The molecule has 1 aromatic heterocycles. The minimum absolute atomic E-state index is 0.137. The molecule has 0 fully saturated rings. The number of hydrogen-bond donors (Lipinski definition) is 2. The molecule has 0 aliphatic rings. The Bertz CT molecular complexity index is 961. The quantitative estimate of drug-likeness (QED) is 0.603. The van der Waals surface area contributed by atoms with Crippen molar-refractivity contribution in [1.82, 2.24) is 4.98 Å². The lowest BCUT2D eigenvalue weighted by atomic mass is 10.1. The number of rotatable bonds is 5. The number of amides is 2. The van der Waals surface area contributed by atoms with Gasteiger partial charge in [0.2, 0.25) is 5.91 Å². The zero-order valence-corrected chi connectivity index (χ0v) is 15.6. The van der Waals surface area contributed by atoms with E-state index in [2.05, 4.69) is 15.6 Å². The van der Waals surface area contributed by atoms with Crippen molar-refractivity contribution in [3.8, 4) is 0 Å². The van der Waals surface area contributed by atoms with E-state index in [0.29, 0.717) is 21.6 Å². The van der Waals surface area contributed by atoms with Gasteiger partial charge in [0.25, 0.3) is 5.91 Å². The SMILES string of the molecule is O=C(Cc1ccc(Cl)nc1)Nc1ccc(Cl)c(C(=O)Nc2ccccc2)c1. The van der Waals surface area contributed by atoms with Crippen LogP contribution in [-0.2, 0) is 11.2 Å². The van der Waals surface area contributed by atoms with Crippen molar-refractivity contribution >= 4 is 46.4 Å². The van der Waals surface area contributed by atoms with Gasteiger partial charge in [0.05, 0.1) is 17.0 Å². The second-order valence-corrected chi connectivity index (χ2v) is 6.52. The summed E-state index contributed by atoms with van der Waals surface area (Å²) in [5.74, 6) is -0.597. The number of carbonyl (C=O) groups excluding carboxylic acids is 2. The van der Waals surface area contributed by atoms with Gasteiger partial charge < -0.3 is 10.6 Å². The summed E-state index contributed by atoms with van der Waals surface area (Å²) in [5, 5.41) is 6.18. The average Bonchev–Trinajstić information content (AvgIpc) is 2.66. The van der Waals surface area contributed by atoms with Crippen LogP contribution in [0.3, 0.4) is 0 Å². The largest absolute Gasteiger partial charge is 0.326 e. The molecule has 5 nitrogen and oxygen atoms in total. The van der Waals surface area contributed by atoms with Crippen LogP contribution in [0.1, 0.15) is 15.9 Å². The Morgan fingerprint density at radius 1 is 0.889 bits per heavy atom. The lowest BCUT2D eigenvalue weighted by molar-refractivity contribution is -0.115. The van der Waals surface area contributed by atoms with Gasteiger partial charge in [-0.2, -0.15) is 0 Å². The third kappa shape index (κ3) is 5.29. The van der Waals surface area contributed by atoms with Crippen molar-refractivity contribution in [3.05, 3.63) is 88.2 Å². The first-order valence-corrected chi connectivity index (χ1v) is 8.83. The Balaban J connectivity index is 1.69. The third-order valence-electron chi connectivity index (χ3n) is 3.68. The van der Waals surface area contributed by atoms with Crippen LogP contribution in [0.4, 0.5) is 11.4 Å². The van der Waals surface area contributed by atoms with Crippen LogP contribution in [0, 0.1) is 0 Å². The van der Waals surface area contributed by atoms with Crippen LogP contribution in [0.25, 0.3) is 0 Å².